The number of hydrogen-bond donors (Lipinski definition) is 2. The van der Waals surface area contributed by atoms with Gasteiger partial charge in [-0.2, -0.15) is 0 Å². The van der Waals surface area contributed by atoms with E-state index < -0.39 is 16.6 Å². The molecule has 10 heavy (non-hydrogen) atoms. The fraction of sp³-hybridized carbons (Fsp3) is 0.333. The van der Waals surface area contributed by atoms with Gasteiger partial charge < -0.3 is 10.8 Å². The van der Waals surface area contributed by atoms with Gasteiger partial charge in [0.05, 0.1) is 5.56 Å². The van der Waals surface area contributed by atoms with Crippen LogP contribution in [0.5, 0.6) is 5.75 Å². The van der Waals surface area contributed by atoms with Crippen LogP contribution in [0, 0.1) is 0 Å². The molecule has 0 bridgehead atoms. The molecule has 4 heteroatoms. The van der Waals surface area contributed by atoms with Gasteiger partial charge in [-0.25, -0.2) is 0 Å². The molecule has 0 atom stereocenters. The van der Waals surface area contributed by atoms with E-state index in [2.05, 4.69) is 0 Å². The van der Waals surface area contributed by atoms with Crippen LogP contribution >= 0.6 is 0 Å². The summed E-state index contributed by atoms with van der Waals surface area (Å²) < 4.78 is 0. The predicted octanol–water partition coefficient (Wildman–Crippen LogP) is -1.51. The van der Waals surface area contributed by atoms with Gasteiger partial charge in [-0.15, -0.1) is 0 Å². The molecule has 1 aromatic carbocycles. The van der Waals surface area contributed by atoms with Crippen LogP contribution in [0.2, 0.25) is 0 Å². The average Bonchev–Trinajstić information content (AvgIpc) is 1.98. The van der Waals surface area contributed by atoms with E-state index in [9.17, 15) is 9.59 Å². The number of nitrogens with two attached hydrogens (primary N) is 1. The Labute approximate surface area is 56.6 Å². The monoisotopic (exact) mass is 141 g/mol. The van der Waals surface area contributed by atoms with Crippen LogP contribution in [0.1, 0.15) is 5.56 Å². The smallest absolute Gasteiger partial charge is 0.267 e. The largest absolute Gasteiger partial charge is 0.504 e. The lowest BCUT2D eigenvalue weighted by molar-refractivity contribution is 0.453. The van der Waals surface area contributed by atoms with E-state index in [0.29, 0.717) is 0 Å². The van der Waals surface area contributed by atoms with Gasteiger partial charge in [-0.3, -0.25) is 9.59 Å². The Morgan fingerprint density at radius 2 is 1.90 bits per heavy atom. The molecule has 0 saturated carbocycles. The summed E-state index contributed by atoms with van der Waals surface area (Å²) in [5, 5.41) is 8.73. The van der Waals surface area contributed by atoms with Gasteiger partial charge in [0.15, 0.2) is 5.75 Å². The van der Waals surface area contributed by atoms with E-state index in [1.54, 1.807) is 0 Å². The highest BCUT2D eigenvalue weighted by Gasteiger charge is 2.17. The molecule has 0 aromatic heterocycles. The van der Waals surface area contributed by atoms with Crippen molar-refractivity contribution in [1.29, 1.82) is 0 Å². The number of rotatable bonds is 2. The summed E-state index contributed by atoms with van der Waals surface area (Å²) >= 11 is 0. The van der Waals surface area contributed by atoms with Crippen LogP contribution in [0.4, 0.5) is 0 Å². The topological polar surface area (TPSA) is 80.4 Å². The maximum Gasteiger partial charge on any atom is 0.267 e. The molecular formula is C6H7NO3. The number of hydrogen-bond acceptors (Lipinski definition) is 4. The quantitative estimate of drug-likeness (QED) is 0.490. The molecule has 0 fully saturated rings. The first kappa shape index (κ1) is 6.95. The molecule has 1 aromatic rings. The molecule has 1 rings (SSSR count). The lowest BCUT2D eigenvalue weighted by atomic mass is 10.1. The van der Waals surface area contributed by atoms with Gasteiger partial charge in [-0.1, -0.05) is 0 Å². The second-order valence-electron chi connectivity index (χ2n) is 2.02. The van der Waals surface area contributed by atoms with Crippen molar-refractivity contribution >= 4 is 0 Å². The molecule has 0 unspecified atom stereocenters. The zero-order chi connectivity index (χ0) is 7.72. The SMILES string of the molecule is NCCc1c(O)c(=O)c1=O. The van der Waals surface area contributed by atoms with Crippen LogP contribution in [0.3, 0.4) is 0 Å². The van der Waals surface area contributed by atoms with Crippen molar-refractivity contribution in [2.45, 2.75) is 6.42 Å². The van der Waals surface area contributed by atoms with Crippen molar-refractivity contribution in [3.05, 3.63) is 26.0 Å². The van der Waals surface area contributed by atoms with E-state index in [4.69, 9.17) is 10.8 Å². The summed E-state index contributed by atoms with van der Waals surface area (Å²) in [5.74, 6) is -0.407. The van der Waals surface area contributed by atoms with Crippen molar-refractivity contribution in [2.24, 2.45) is 5.73 Å². The first-order valence-corrected chi connectivity index (χ1v) is 2.89. The molecule has 0 radical (unpaired) electrons. The molecule has 3 N–H and O–H groups in total. The van der Waals surface area contributed by atoms with Crippen LogP contribution in [0.15, 0.2) is 9.59 Å². The number of aromatic hydroxyl groups is 1. The Morgan fingerprint density at radius 3 is 2.30 bits per heavy atom. The van der Waals surface area contributed by atoms with Crippen LogP contribution < -0.4 is 16.6 Å². The maximum absolute atomic E-state index is 10.5. The average molecular weight is 141 g/mol. The maximum atomic E-state index is 10.5. The second kappa shape index (κ2) is 2.22. The minimum Gasteiger partial charge on any atom is -0.504 e. The minimum atomic E-state index is -0.788. The molecule has 0 amide bonds. The Bertz CT molecular complexity index is 308. The third-order valence-corrected chi connectivity index (χ3v) is 1.38. The van der Waals surface area contributed by atoms with Gasteiger partial charge in [-0.05, 0) is 13.0 Å². The zero-order valence-electron chi connectivity index (χ0n) is 5.26. The summed E-state index contributed by atoms with van der Waals surface area (Å²) in [4.78, 5) is 20.9. The summed E-state index contributed by atoms with van der Waals surface area (Å²) in [6.07, 6.45) is 0.288. The molecule has 0 aliphatic carbocycles. The molecule has 0 aliphatic rings. The van der Waals surface area contributed by atoms with Crippen molar-refractivity contribution in [3.8, 4) is 5.75 Å². The van der Waals surface area contributed by atoms with Gasteiger partial charge in [0.25, 0.3) is 5.43 Å². The molecule has 54 valence electrons. The highest BCUT2D eigenvalue weighted by Crippen LogP contribution is 2.06. The van der Waals surface area contributed by atoms with Crippen molar-refractivity contribution in [3.63, 3.8) is 0 Å². The summed E-state index contributed by atoms with van der Waals surface area (Å²) in [6.45, 7) is 0.276. The highest BCUT2D eigenvalue weighted by molar-refractivity contribution is 5.38. The van der Waals surface area contributed by atoms with E-state index in [-0.39, 0.29) is 18.5 Å². The summed E-state index contributed by atoms with van der Waals surface area (Å²) in [7, 11) is 0. The van der Waals surface area contributed by atoms with Gasteiger partial charge in [0.2, 0.25) is 5.43 Å². The molecule has 0 spiro atoms. The van der Waals surface area contributed by atoms with E-state index in [1.165, 1.54) is 0 Å². The van der Waals surface area contributed by atoms with E-state index in [0.717, 1.165) is 0 Å². The van der Waals surface area contributed by atoms with Crippen molar-refractivity contribution in [1.82, 2.24) is 0 Å². The third-order valence-electron chi connectivity index (χ3n) is 1.38. The second-order valence-corrected chi connectivity index (χ2v) is 2.02. The lowest BCUT2D eigenvalue weighted by Gasteiger charge is -2.01. The summed E-state index contributed by atoms with van der Waals surface area (Å²) in [5.41, 5.74) is 3.89. The molecule has 0 aliphatic heterocycles. The molecule has 0 heterocycles. The minimum absolute atomic E-state index is 0.174. The lowest BCUT2D eigenvalue weighted by Crippen LogP contribution is -2.35. The molecule has 4 nitrogen and oxygen atoms in total. The van der Waals surface area contributed by atoms with Gasteiger partial charge >= 0.3 is 0 Å². The zero-order valence-corrected chi connectivity index (χ0v) is 5.26. The van der Waals surface area contributed by atoms with E-state index >= 15 is 0 Å². The Morgan fingerprint density at radius 1 is 1.30 bits per heavy atom. The molecule has 0 saturated heterocycles. The third kappa shape index (κ3) is 0.733. The highest BCUT2D eigenvalue weighted by atomic mass is 16.3. The Balaban J connectivity index is 2.99. The van der Waals surface area contributed by atoms with Gasteiger partial charge in [0, 0.05) is 0 Å². The Hall–Kier alpha value is -1.16. The standard InChI is InChI=1S/C6H7NO3/c7-2-1-3-4(8)6(10)5(3)9/h8H,1-2,7H2. The predicted molar refractivity (Wildman–Crippen MR) is 35.8 cm³/mol. The first-order chi connectivity index (χ1) is 4.68. The molecular weight excluding hydrogens is 134 g/mol. The normalized spacial score (nSPS) is 10.5. The van der Waals surface area contributed by atoms with Crippen LogP contribution in [-0.2, 0) is 6.42 Å². The fourth-order valence-corrected chi connectivity index (χ4v) is 0.803. The summed E-state index contributed by atoms with van der Waals surface area (Å²) in [6, 6.07) is 0. The van der Waals surface area contributed by atoms with Crippen molar-refractivity contribution in [2.75, 3.05) is 6.54 Å². The van der Waals surface area contributed by atoms with Crippen molar-refractivity contribution < 1.29 is 5.11 Å². The Kier molecular flexibility index (Phi) is 1.55. The fourth-order valence-electron chi connectivity index (χ4n) is 0.803. The van der Waals surface area contributed by atoms with Crippen LogP contribution in [0.25, 0.3) is 0 Å². The van der Waals surface area contributed by atoms with E-state index in [1.807, 2.05) is 0 Å². The van der Waals surface area contributed by atoms with Gasteiger partial charge in [0.1, 0.15) is 0 Å². The first-order valence-electron chi connectivity index (χ1n) is 2.89. The van der Waals surface area contributed by atoms with Crippen LogP contribution in [-0.4, -0.2) is 11.7 Å².